The van der Waals surface area contributed by atoms with Crippen LogP contribution in [0.4, 0.5) is 5.82 Å². The third-order valence-corrected chi connectivity index (χ3v) is 2.55. The summed E-state index contributed by atoms with van der Waals surface area (Å²) in [5.41, 5.74) is 4.25. The number of rotatable bonds is 5. The lowest BCUT2D eigenvalue weighted by molar-refractivity contribution is 0.301. The summed E-state index contributed by atoms with van der Waals surface area (Å²) in [7, 11) is 0. The zero-order valence-corrected chi connectivity index (χ0v) is 10.3. The van der Waals surface area contributed by atoms with Gasteiger partial charge in [-0.15, -0.1) is 0 Å². The molecule has 0 spiro atoms. The van der Waals surface area contributed by atoms with Crippen molar-refractivity contribution in [1.29, 1.82) is 5.26 Å². The Balaban J connectivity index is 1.96. The number of hydrazine groups is 1. The predicted octanol–water partition coefficient (Wildman–Crippen LogP) is 2.01. The van der Waals surface area contributed by atoms with E-state index in [0.717, 1.165) is 17.0 Å². The first-order chi connectivity index (χ1) is 9.31. The zero-order chi connectivity index (χ0) is 13.5. The minimum atomic E-state index is 0.368. The molecule has 1 heterocycles. The van der Waals surface area contributed by atoms with E-state index in [1.54, 1.807) is 6.07 Å². The number of hydrogen-bond donors (Lipinski definition) is 2. The van der Waals surface area contributed by atoms with Gasteiger partial charge in [0, 0.05) is 0 Å². The molecule has 0 saturated carbocycles. The van der Waals surface area contributed by atoms with Crippen molar-refractivity contribution in [3.8, 4) is 11.8 Å². The van der Waals surface area contributed by atoms with Crippen molar-refractivity contribution in [1.82, 2.24) is 4.98 Å². The molecule has 1 aromatic heterocycles. The minimum absolute atomic E-state index is 0.368. The van der Waals surface area contributed by atoms with Crippen LogP contribution in [0, 0.1) is 11.3 Å². The van der Waals surface area contributed by atoms with Gasteiger partial charge in [0.15, 0.2) is 0 Å². The van der Waals surface area contributed by atoms with Crippen LogP contribution in [0.1, 0.15) is 11.3 Å². The van der Waals surface area contributed by atoms with Crippen molar-refractivity contribution in [3.63, 3.8) is 0 Å². The van der Waals surface area contributed by atoms with Crippen molar-refractivity contribution in [2.75, 3.05) is 5.43 Å². The largest absolute Gasteiger partial charge is 0.487 e. The topological polar surface area (TPSA) is 84.0 Å². The molecule has 0 bridgehead atoms. The summed E-state index contributed by atoms with van der Waals surface area (Å²) in [4.78, 5) is 4.25. The molecule has 2 rings (SSSR count). The van der Waals surface area contributed by atoms with Gasteiger partial charge < -0.3 is 10.2 Å². The Morgan fingerprint density at radius 3 is 2.68 bits per heavy atom. The quantitative estimate of drug-likeness (QED) is 0.630. The molecule has 3 N–H and O–H groups in total. The standard InChI is InChI=1S/C14H14N4O/c15-9-8-11-4-6-13(7-5-11)19-10-12-2-1-3-14(17-12)18-16/h1-7H,8,10,16H2,(H,17,18). The van der Waals surface area contributed by atoms with Gasteiger partial charge >= 0.3 is 0 Å². The summed E-state index contributed by atoms with van der Waals surface area (Å²) in [6.07, 6.45) is 0.409. The fourth-order valence-electron chi connectivity index (χ4n) is 1.59. The lowest BCUT2D eigenvalue weighted by Gasteiger charge is -2.07. The fraction of sp³-hybridized carbons (Fsp3) is 0.143. The highest BCUT2D eigenvalue weighted by Crippen LogP contribution is 2.14. The molecule has 19 heavy (non-hydrogen) atoms. The first kappa shape index (κ1) is 12.9. The lowest BCUT2D eigenvalue weighted by Crippen LogP contribution is -2.09. The summed E-state index contributed by atoms with van der Waals surface area (Å²) in [5, 5.41) is 8.58. The summed E-state index contributed by atoms with van der Waals surface area (Å²) < 4.78 is 5.61. The number of nitrogens with one attached hydrogen (secondary N) is 1. The Kier molecular flexibility index (Phi) is 4.32. The Bertz CT molecular complexity index is 575. The Hall–Kier alpha value is -2.58. The fourth-order valence-corrected chi connectivity index (χ4v) is 1.59. The first-order valence-electron chi connectivity index (χ1n) is 5.83. The molecule has 0 radical (unpaired) electrons. The summed E-state index contributed by atoms with van der Waals surface area (Å²) in [6.45, 7) is 0.368. The van der Waals surface area contributed by atoms with E-state index >= 15 is 0 Å². The molecule has 0 aliphatic rings. The zero-order valence-electron chi connectivity index (χ0n) is 10.3. The monoisotopic (exact) mass is 254 g/mol. The van der Waals surface area contributed by atoms with Crippen molar-refractivity contribution < 1.29 is 4.74 Å². The number of aromatic nitrogens is 1. The van der Waals surface area contributed by atoms with Crippen LogP contribution in [0.3, 0.4) is 0 Å². The number of nitrogen functional groups attached to an aromatic ring is 1. The van der Waals surface area contributed by atoms with Crippen molar-refractivity contribution in [3.05, 3.63) is 53.7 Å². The van der Waals surface area contributed by atoms with Crippen LogP contribution in [0.2, 0.25) is 0 Å². The third kappa shape index (κ3) is 3.69. The number of hydrogen-bond acceptors (Lipinski definition) is 5. The van der Waals surface area contributed by atoms with E-state index < -0.39 is 0 Å². The van der Waals surface area contributed by atoms with E-state index in [1.807, 2.05) is 36.4 Å². The molecule has 0 amide bonds. The minimum Gasteiger partial charge on any atom is -0.487 e. The highest BCUT2D eigenvalue weighted by Gasteiger charge is 1.99. The smallest absolute Gasteiger partial charge is 0.140 e. The van der Waals surface area contributed by atoms with Crippen LogP contribution < -0.4 is 16.0 Å². The number of ether oxygens (including phenoxy) is 1. The van der Waals surface area contributed by atoms with E-state index in [1.165, 1.54) is 0 Å². The number of benzene rings is 1. The Morgan fingerprint density at radius 1 is 1.21 bits per heavy atom. The van der Waals surface area contributed by atoms with Gasteiger partial charge in [-0.3, -0.25) is 0 Å². The molecule has 0 fully saturated rings. The second-order valence-electron chi connectivity index (χ2n) is 3.93. The van der Waals surface area contributed by atoms with Crippen molar-refractivity contribution >= 4 is 5.82 Å². The van der Waals surface area contributed by atoms with Crippen LogP contribution in [0.25, 0.3) is 0 Å². The summed E-state index contributed by atoms with van der Waals surface area (Å²) in [6, 6.07) is 15.1. The molecule has 0 atom stereocenters. The van der Waals surface area contributed by atoms with E-state index in [4.69, 9.17) is 15.8 Å². The number of nitrogens with two attached hydrogens (primary N) is 1. The van der Waals surface area contributed by atoms with E-state index in [-0.39, 0.29) is 0 Å². The maximum absolute atomic E-state index is 8.58. The second kappa shape index (κ2) is 6.38. The molecule has 0 saturated heterocycles. The van der Waals surface area contributed by atoms with Crippen LogP contribution in [-0.2, 0) is 13.0 Å². The van der Waals surface area contributed by atoms with Crippen LogP contribution in [0.15, 0.2) is 42.5 Å². The van der Waals surface area contributed by atoms with Gasteiger partial charge in [-0.1, -0.05) is 18.2 Å². The third-order valence-electron chi connectivity index (χ3n) is 2.55. The lowest BCUT2D eigenvalue weighted by atomic mass is 10.2. The molecular weight excluding hydrogens is 240 g/mol. The molecule has 0 aliphatic carbocycles. The Morgan fingerprint density at radius 2 is 2.00 bits per heavy atom. The van der Waals surface area contributed by atoms with Crippen molar-refractivity contribution in [2.24, 2.45) is 5.84 Å². The summed E-state index contributed by atoms with van der Waals surface area (Å²) >= 11 is 0. The maximum Gasteiger partial charge on any atom is 0.140 e. The Labute approximate surface area is 111 Å². The van der Waals surface area contributed by atoms with Gasteiger partial charge in [0.05, 0.1) is 18.2 Å². The van der Waals surface area contributed by atoms with Gasteiger partial charge in [-0.05, 0) is 29.8 Å². The van der Waals surface area contributed by atoms with E-state index in [2.05, 4.69) is 16.5 Å². The van der Waals surface area contributed by atoms with E-state index in [9.17, 15) is 0 Å². The van der Waals surface area contributed by atoms with Gasteiger partial charge in [0.2, 0.25) is 0 Å². The SMILES string of the molecule is N#CCc1ccc(OCc2cccc(NN)n2)cc1. The molecule has 1 aromatic carbocycles. The first-order valence-corrected chi connectivity index (χ1v) is 5.83. The molecule has 96 valence electrons. The number of pyridine rings is 1. The van der Waals surface area contributed by atoms with Crippen LogP contribution >= 0.6 is 0 Å². The van der Waals surface area contributed by atoms with E-state index in [0.29, 0.717) is 18.8 Å². The van der Waals surface area contributed by atoms with Gasteiger partial charge in [-0.2, -0.15) is 5.26 Å². The molecule has 0 unspecified atom stereocenters. The highest BCUT2D eigenvalue weighted by atomic mass is 16.5. The maximum atomic E-state index is 8.58. The number of nitrogens with zero attached hydrogens (tertiary/aromatic N) is 2. The highest BCUT2D eigenvalue weighted by molar-refractivity contribution is 5.33. The molecular formula is C14H14N4O. The van der Waals surface area contributed by atoms with Crippen LogP contribution in [-0.4, -0.2) is 4.98 Å². The average molecular weight is 254 g/mol. The van der Waals surface area contributed by atoms with Gasteiger partial charge in [0.1, 0.15) is 18.2 Å². The normalized spacial score (nSPS) is 9.68. The molecule has 0 aliphatic heterocycles. The van der Waals surface area contributed by atoms with Crippen molar-refractivity contribution in [2.45, 2.75) is 13.0 Å². The van der Waals surface area contributed by atoms with Gasteiger partial charge in [-0.25, -0.2) is 10.8 Å². The summed E-state index contributed by atoms with van der Waals surface area (Å²) in [5.74, 6) is 6.64. The van der Waals surface area contributed by atoms with Gasteiger partial charge in [0.25, 0.3) is 0 Å². The predicted molar refractivity (Wildman–Crippen MR) is 72.1 cm³/mol. The van der Waals surface area contributed by atoms with Crippen LogP contribution in [0.5, 0.6) is 5.75 Å². The average Bonchev–Trinajstić information content (AvgIpc) is 2.47. The second-order valence-corrected chi connectivity index (χ2v) is 3.93. The molecule has 5 heteroatoms. The number of nitriles is 1. The molecule has 5 nitrogen and oxygen atoms in total. The molecule has 2 aromatic rings. The number of anilines is 1.